The molecule has 0 saturated heterocycles. The first-order valence-electron chi connectivity index (χ1n) is 20.5. The summed E-state index contributed by atoms with van der Waals surface area (Å²) in [4.78, 5) is 19.0. The van der Waals surface area contributed by atoms with Crippen LogP contribution in [-0.4, -0.2) is 62.5 Å². The molecular formula is C42H42F7N7O5S2. The number of rotatable bonds is 15. The van der Waals surface area contributed by atoms with Crippen LogP contribution in [0.4, 0.5) is 36.6 Å². The van der Waals surface area contributed by atoms with Gasteiger partial charge in [-0.15, -0.1) is 0 Å². The van der Waals surface area contributed by atoms with Gasteiger partial charge in [0.2, 0.25) is 15.9 Å². The normalized spacial score (nSPS) is 20.1. The minimum atomic E-state index is -5.08. The van der Waals surface area contributed by atoms with Crippen molar-refractivity contribution in [2.75, 3.05) is 4.72 Å². The molecule has 0 radical (unpaired) electrons. The Hall–Kier alpha value is -5.05. The number of hydrogen-bond donors (Lipinski definition) is 2. The monoisotopic (exact) mass is 921 g/mol. The van der Waals surface area contributed by atoms with Crippen LogP contribution in [-0.2, 0) is 63.2 Å². The third kappa shape index (κ3) is 7.86. The number of pyridine rings is 1. The third-order valence-corrected chi connectivity index (χ3v) is 17.5. The van der Waals surface area contributed by atoms with Gasteiger partial charge in [-0.25, -0.2) is 25.6 Å². The second-order valence-corrected chi connectivity index (χ2v) is 22.5. The summed E-state index contributed by atoms with van der Waals surface area (Å²) < 4.78 is 159. The molecule has 3 aromatic heterocycles. The lowest BCUT2D eigenvalue weighted by molar-refractivity contribution is -0.142. The van der Waals surface area contributed by atoms with Gasteiger partial charge >= 0.3 is 6.18 Å². The number of halogens is 7. The van der Waals surface area contributed by atoms with Gasteiger partial charge in [-0.1, -0.05) is 18.2 Å². The van der Waals surface area contributed by atoms with E-state index in [4.69, 9.17) is 4.98 Å². The SMILES string of the molecule is Cn1nc(NS(=O)(=O)C2CC2)c2cccc(-c3ccc(CCC(C)(C)S(=O)(=O)C4CC4)nc3[C@H](Cc3cc(F)cc(F)c3)NC(=O)Cn3nc(C(F)(F)F)c4c3C(F)(F)C3C[C@H]43)c21. The molecule has 4 aliphatic rings. The highest BCUT2D eigenvalue weighted by molar-refractivity contribution is 7.93. The number of benzene rings is 2. The van der Waals surface area contributed by atoms with Gasteiger partial charge in [-0.05, 0) is 101 Å². The molecule has 0 spiro atoms. The van der Waals surface area contributed by atoms with Crippen molar-refractivity contribution in [3.05, 3.63) is 94.1 Å². The summed E-state index contributed by atoms with van der Waals surface area (Å²) in [5.41, 5.74) is -1.55. The van der Waals surface area contributed by atoms with Crippen LogP contribution in [0.3, 0.4) is 0 Å². The number of aryl methyl sites for hydroxylation is 2. The molecule has 0 bridgehead atoms. The van der Waals surface area contributed by atoms with Crippen molar-refractivity contribution < 1.29 is 52.4 Å². The summed E-state index contributed by atoms with van der Waals surface area (Å²) in [7, 11) is -5.70. The number of para-hydroxylation sites is 1. The van der Waals surface area contributed by atoms with Crippen LogP contribution in [0.2, 0.25) is 0 Å². The molecule has 3 atom stereocenters. The predicted octanol–water partition coefficient (Wildman–Crippen LogP) is 7.63. The predicted molar refractivity (Wildman–Crippen MR) is 217 cm³/mol. The van der Waals surface area contributed by atoms with E-state index < -0.39 is 106 Å². The zero-order chi connectivity index (χ0) is 45.2. The standard InChI is InChI=1S/C42H42F7N7O5S2/c1-40(2,62(58,59)25-8-9-25)14-13-24-7-12-27(28-5-4-6-29-36(28)55(3)53-39(29)54-63(60,61)26-10-11-26)35(50-24)32(17-21-15-22(43)18-23(44)16-21)51-33(57)20-56-38-34(37(52-56)42(47,48)49)30-19-31(30)41(38,45)46/h4-7,12,15-16,18,25-26,30-32H,8-11,13-14,17,19-20H2,1-3H3,(H,51,57)(H,53,54)/t30-,31?,32-/m0/s1. The number of anilines is 1. The first-order valence-corrected chi connectivity index (χ1v) is 23.6. The molecule has 2 N–H and O–H groups in total. The molecule has 0 aliphatic heterocycles. The number of sulfone groups is 1. The van der Waals surface area contributed by atoms with Crippen LogP contribution in [0.1, 0.15) is 98.2 Å². The van der Waals surface area contributed by atoms with Gasteiger partial charge in [-0.2, -0.15) is 32.1 Å². The van der Waals surface area contributed by atoms with Crippen LogP contribution < -0.4 is 10.0 Å². The Morgan fingerprint density at radius 2 is 1.62 bits per heavy atom. The third-order valence-electron chi connectivity index (χ3n) is 12.6. The number of amides is 1. The lowest BCUT2D eigenvalue weighted by atomic mass is 9.93. The topological polar surface area (TPSA) is 158 Å². The molecule has 336 valence electrons. The second kappa shape index (κ2) is 14.7. The quantitative estimate of drug-likeness (QED) is 0.102. The Kier molecular flexibility index (Phi) is 10.1. The molecule has 12 nitrogen and oxygen atoms in total. The van der Waals surface area contributed by atoms with Crippen LogP contribution in [0.15, 0.2) is 48.5 Å². The highest BCUT2D eigenvalue weighted by Gasteiger charge is 2.68. The van der Waals surface area contributed by atoms with Gasteiger partial charge in [0, 0.05) is 46.8 Å². The maximum absolute atomic E-state index is 15.5. The Morgan fingerprint density at radius 3 is 2.27 bits per heavy atom. The summed E-state index contributed by atoms with van der Waals surface area (Å²) >= 11 is 0. The number of fused-ring (bicyclic) bond motifs is 4. The molecule has 1 amide bonds. The minimum absolute atomic E-state index is 0.0223. The van der Waals surface area contributed by atoms with Crippen molar-refractivity contribution in [1.29, 1.82) is 0 Å². The number of sulfonamides is 1. The highest BCUT2D eigenvalue weighted by Crippen LogP contribution is 2.68. The number of nitrogens with zero attached hydrogens (tertiary/aromatic N) is 5. The Bertz CT molecular complexity index is 2900. The van der Waals surface area contributed by atoms with Crippen molar-refractivity contribution in [1.82, 2.24) is 29.9 Å². The summed E-state index contributed by atoms with van der Waals surface area (Å²) in [5.74, 6) is -9.03. The molecular weight excluding hydrogens is 880 g/mol. The maximum atomic E-state index is 15.5. The van der Waals surface area contributed by atoms with Crippen LogP contribution in [0.25, 0.3) is 22.0 Å². The fourth-order valence-corrected chi connectivity index (χ4v) is 12.3. The van der Waals surface area contributed by atoms with Crippen LogP contribution >= 0.6 is 0 Å². The van der Waals surface area contributed by atoms with E-state index in [2.05, 4.69) is 20.2 Å². The zero-order valence-corrected chi connectivity index (χ0v) is 35.7. The van der Waals surface area contributed by atoms with Crippen molar-refractivity contribution in [2.24, 2.45) is 13.0 Å². The Labute approximate surface area is 357 Å². The number of alkyl halides is 5. The molecule has 3 heterocycles. The summed E-state index contributed by atoms with van der Waals surface area (Å²) in [6, 6.07) is 9.55. The second-order valence-electron chi connectivity index (χ2n) is 17.7. The van der Waals surface area contributed by atoms with Gasteiger partial charge in [0.1, 0.15) is 23.9 Å². The van der Waals surface area contributed by atoms with Crippen molar-refractivity contribution in [2.45, 2.75) is 111 Å². The number of carbonyl (C=O) groups excluding carboxylic acids is 1. The van der Waals surface area contributed by atoms with E-state index in [0.717, 1.165) is 12.1 Å². The van der Waals surface area contributed by atoms with Gasteiger partial charge in [-0.3, -0.25) is 23.9 Å². The lowest BCUT2D eigenvalue weighted by Gasteiger charge is -2.26. The number of nitrogens with one attached hydrogen (secondary N) is 2. The fraction of sp³-hybridized carbons (Fsp3) is 0.476. The maximum Gasteiger partial charge on any atom is 0.435 e. The summed E-state index contributed by atoms with van der Waals surface area (Å²) in [6.07, 6.45) is -3.25. The fourth-order valence-electron chi connectivity index (χ4n) is 8.93. The van der Waals surface area contributed by atoms with E-state index in [9.17, 15) is 43.6 Å². The first kappa shape index (κ1) is 43.2. The largest absolute Gasteiger partial charge is 0.435 e. The average molecular weight is 922 g/mol. The van der Waals surface area contributed by atoms with Gasteiger partial charge in [0.25, 0.3) is 5.92 Å². The molecule has 3 fully saturated rings. The molecule has 5 aromatic rings. The highest BCUT2D eigenvalue weighted by atomic mass is 32.2. The van der Waals surface area contributed by atoms with E-state index in [1.807, 2.05) is 0 Å². The first-order chi connectivity index (χ1) is 29.5. The van der Waals surface area contributed by atoms with Crippen LogP contribution in [0, 0.1) is 17.6 Å². The molecule has 9 rings (SSSR count). The van der Waals surface area contributed by atoms with Gasteiger partial charge in [0.15, 0.2) is 21.3 Å². The van der Waals surface area contributed by atoms with E-state index in [1.54, 1.807) is 51.2 Å². The molecule has 2 aromatic carbocycles. The number of hydrogen-bond acceptors (Lipinski definition) is 8. The molecule has 63 heavy (non-hydrogen) atoms. The number of carbonyl (C=O) groups is 1. The van der Waals surface area contributed by atoms with Crippen LogP contribution in [0.5, 0.6) is 0 Å². The lowest BCUT2D eigenvalue weighted by Crippen LogP contribution is -2.36. The van der Waals surface area contributed by atoms with E-state index in [0.29, 0.717) is 64.2 Å². The summed E-state index contributed by atoms with van der Waals surface area (Å²) in [5, 5.41) is 10.0. The zero-order valence-electron chi connectivity index (χ0n) is 34.1. The molecule has 4 aliphatic carbocycles. The van der Waals surface area contributed by atoms with Crippen molar-refractivity contribution >= 4 is 42.5 Å². The van der Waals surface area contributed by atoms with E-state index in [-0.39, 0.29) is 42.8 Å². The molecule has 21 heteroatoms. The Balaban J connectivity index is 1.15. The van der Waals surface area contributed by atoms with Crippen molar-refractivity contribution in [3.63, 3.8) is 0 Å². The molecule has 1 unspecified atom stereocenters. The number of aromatic nitrogens is 5. The van der Waals surface area contributed by atoms with E-state index in [1.165, 1.54) is 4.68 Å². The van der Waals surface area contributed by atoms with E-state index >= 15 is 8.78 Å². The van der Waals surface area contributed by atoms with Gasteiger partial charge in [0.05, 0.1) is 32.5 Å². The van der Waals surface area contributed by atoms with Crippen molar-refractivity contribution in [3.8, 4) is 11.1 Å². The van der Waals surface area contributed by atoms with Gasteiger partial charge < -0.3 is 5.32 Å². The average Bonchev–Trinajstić information content (AvgIpc) is 4.07. The summed E-state index contributed by atoms with van der Waals surface area (Å²) in [6.45, 7) is 2.17. The smallest absolute Gasteiger partial charge is 0.346 e. The molecule has 3 saturated carbocycles. The Morgan fingerprint density at radius 1 is 0.937 bits per heavy atom. The minimum Gasteiger partial charge on any atom is -0.346 e.